The average Bonchev–Trinajstić information content (AvgIpc) is 2.53. The van der Waals surface area contributed by atoms with Crippen LogP contribution in [0.15, 0.2) is 40.9 Å². The van der Waals surface area contributed by atoms with Gasteiger partial charge in [-0.1, -0.05) is 12.1 Å². The van der Waals surface area contributed by atoms with E-state index in [9.17, 15) is 18.3 Å². The van der Waals surface area contributed by atoms with Gasteiger partial charge in [-0.15, -0.1) is 0 Å². The number of urea groups is 1. The third-order valence-corrected chi connectivity index (χ3v) is 4.33. The SMILES string of the molecule is N#Cc1ccc(NC(=O)Nc2ccccc2Br)c(O)c1C[SH](=O)=O. The lowest BCUT2D eigenvalue weighted by atomic mass is 10.1. The number of carbonyl (C=O) groups excluding carboxylic acids is 1. The number of thiol groups is 1. The van der Waals surface area contributed by atoms with E-state index in [1.165, 1.54) is 12.1 Å². The van der Waals surface area contributed by atoms with Crippen LogP contribution in [0.25, 0.3) is 0 Å². The first kappa shape index (κ1) is 17.8. The first-order chi connectivity index (χ1) is 11.4. The summed E-state index contributed by atoms with van der Waals surface area (Å²) in [5.41, 5.74) is 0.507. The monoisotopic (exact) mass is 409 g/mol. The number of amides is 2. The molecule has 0 aliphatic rings. The number of para-hydroxylation sites is 1. The predicted octanol–water partition coefficient (Wildman–Crippen LogP) is 2.78. The van der Waals surface area contributed by atoms with Gasteiger partial charge in [-0.3, -0.25) is 0 Å². The molecule has 0 saturated heterocycles. The number of rotatable bonds is 4. The Morgan fingerprint density at radius 3 is 2.46 bits per heavy atom. The van der Waals surface area contributed by atoms with Crippen molar-refractivity contribution in [3.8, 4) is 11.8 Å². The topological polar surface area (TPSA) is 119 Å². The first-order valence-electron chi connectivity index (χ1n) is 6.61. The molecule has 9 heteroatoms. The maximum Gasteiger partial charge on any atom is 0.323 e. The van der Waals surface area contributed by atoms with Gasteiger partial charge in [0.2, 0.25) is 0 Å². The van der Waals surface area contributed by atoms with Gasteiger partial charge < -0.3 is 15.7 Å². The van der Waals surface area contributed by atoms with Crippen molar-refractivity contribution in [3.05, 3.63) is 52.0 Å². The third-order valence-electron chi connectivity index (χ3n) is 3.06. The van der Waals surface area contributed by atoms with Gasteiger partial charge in [-0.2, -0.15) is 5.26 Å². The molecule has 0 radical (unpaired) electrons. The molecule has 24 heavy (non-hydrogen) atoms. The van der Waals surface area contributed by atoms with Crippen molar-refractivity contribution in [1.29, 1.82) is 5.26 Å². The highest BCUT2D eigenvalue weighted by molar-refractivity contribution is 9.10. The maximum absolute atomic E-state index is 12.0. The zero-order valence-corrected chi connectivity index (χ0v) is 14.6. The standard InChI is InChI=1S/C15H12BrN3O4S/c16-11-3-1-2-4-12(11)18-15(21)19-13-6-5-9(7-17)10(14(13)20)8-24(22)23/h1-6,20,24H,8H2,(H2,18,19,21). The highest BCUT2D eigenvalue weighted by Gasteiger charge is 2.15. The van der Waals surface area contributed by atoms with Gasteiger partial charge in [-0.25, -0.2) is 13.2 Å². The minimum absolute atomic E-state index is 0.00500. The van der Waals surface area contributed by atoms with Gasteiger partial charge in [0.25, 0.3) is 0 Å². The summed E-state index contributed by atoms with van der Waals surface area (Å²) in [6.07, 6.45) is 0. The van der Waals surface area contributed by atoms with Crippen molar-refractivity contribution < 1.29 is 18.3 Å². The second-order valence-corrected chi connectivity index (χ2v) is 6.49. The smallest absolute Gasteiger partial charge is 0.323 e. The number of carbonyl (C=O) groups is 1. The van der Waals surface area contributed by atoms with E-state index < -0.39 is 28.2 Å². The molecule has 0 atom stereocenters. The Morgan fingerprint density at radius 2 is 1.83 bits per heavy atom. The number of benzene rings is 2. The van der Waals surface area contributed by atoms with Crippen LogP contribution in [0.3, 0.4) is 0 Å². The summed E-state index contributed by atoms with van der Waals surface area (Å²) in [5.74, 6) is -0.943. The molecule has 3 N–H and O–H groups in total. The van der Waals surface area contributed by atoms with Gasteiger partial charge in [0.15, 0.2) is 0 Å². The van der Waals surface area contributed by atoms with E-state index in [2.05, 4.69) is 26.6 Å². The lowest BCUT2D eigenvalue weighted by molar-refractivity contribution is 0.262. The van der Waals surface area contributed by atoms with Crippen LogP contribution >= 0.6 is 15.9 Å². The molecular formula is C15H12BrN3O4S. The van der Waals surface area contributed by atoms with E-state index in [1.807, 2.05) is 6.07 Å². The highest BCUT2D eigenvalue weighted by atomic mass is 79.9. The molecule has 124 valence electrons. The lowest BCUT2D eigenvalue weighted by Gasteiger charge is -2.12. The number of nitriles is 1. The molecule has 7 nitrogen and oxygen atoms in total. The maximum atomic E-state index is 12.0. The van der Waals surface area contributed by atoms with Gasteiger partial charge in [-0.05, 0) is 40.2 Å². The first-order valence-corrected chi connectivity index (χ1v) is 8.77. The molecule has 0 aliphatic carbocycles. The van der Waals surface area contributed by atoms with Crippen molar-refractivity contribution in [2.24, 2.45) is 0 Å². The minimum Gasteiger partial charge on any atom is -0.505 e. The Balaban J connectivity index is 2.25. The van der Waals surface area contributed by atoms with Crippen LogP contribution in [0, 0.1) is 11.3 Å². The summed E-state index contributed by atoms with van der Waals surface area (Å²) in [7, 11) is -2.84. The van der Waals surface area contributed by atoms with Crippen molar-refractivity contribution in [2.75, 3.05) is 10.6 Å². The number of phenolic OH excluding ortho intramolecular Hbond substituents is 1. The molecule has 0 spiro atoms. The van der Waals surface area contributed by atoms with Crippen LogP contribution < -0.4 is 10.6 Å². The number of halogens is 1. The summed E-state index contributed by atoms with van der Waals surface area (Å²) in [4.78, 5) is 12.0. The highest BCUT2D eigenvalue weighted by Crippen LogP contribution is 2.31. The van der Waals surface area contributed by atoms with Crippen molar-refractivity contribution in [1.82, 2.24) is 0 Å². The van der Waals surface area contributed by atoms with Crippen molar-refractivity contribution >= 4 is 44.0 Å². The Hall–Kier alpha value is -2.57. The Bertz CT molecular complexity index is 898. The van der Waals surface area contributed by atoms with E-state index in [4.69, 9.17) is 5.26 Å². The van der Waals surface area contributed by atoms with Gasteiger partial charge in [0.1, 0.15) is 16.5 Å². The van der Waals surface area contributed by atoms with Crippen molar-refractivity contribution in [2.45, 2.75) is 5.75 Å². The largest absolute Gasteiger partial charge is 0.505 e. The van der Waals surface area contributed by atoms with Gasteiger partial charge in [0.05, 0.1) is 28.8 Å². The molecule has 0 bridgehead atoms. The number of hydrogen-bond acceptors (Lipinski definition) is 5. The molecule has 2 aromatic carbocycles. The minimum atomic E-state index is -2.84. The van der Waals surface area contributed by atoms with Crippen LogP contribution in [0.5, 0.6) is 5.75 Å². The Labute approximate surface area is 148 Å². The predicted molar refractivity (Wildman–Crippen MR) is 93.6 cm³/mol. The third kappa shape index (κ3) is 4.24. The van der Waals surface area contributed by atoms with Gasteiger partial charge in [0, 0.05) is 10.0 Å². The van der Waals surface area contributed by atoms with Crippen LogP contribution in [0.2, 0.25) is 0 Å². The second kappa shape index (κ2) is 7.81. The van der Waals surface area contributed by atoms with E-state index in [1.54, 1.807) is 24.3 Å². The molecule has 2 amide bonds. The number of phenols is 1. The van der Waals surface area contributed by atoms with Crippen LogP contribution in [0.4, 0.5) is 16.2 Å². The molecule has 0 unspecified atom stereocenters. The van der Waals surface area contributed by atoms with Crippen LogP contribution in [-0.4, -0.2) is 19.6 Å². The lowest BCUT2D eigenvalue weighted by Crippen LogP contribution is -2.20. The summed E-state index contributed by atoms with van der Waals surface area (Å²) < 4.78 is 22.5. The molecule has 0 aromatic heterocycles. The van der Waals surface area contributed by atoms with Gasteiger partial charge >= 0.3 is 6.03 Å². The molecule has 0 aliphatic heterocycles. The molecule has 2 aromatic rings. The number of nitrogens with one attached hydrogen (secondary N) is 2. The quantitative estimate of drug-likeness (QED) is 0.457. The zero-order valence-electron chi connectivity index (χ0n) is 12.1. The van der Waals surface area contributed by atoms with Crippen molar-refractivity contribution in [3.63, 3.8) is 0 Å². The zero-order chi connectivity index (χ0) is 17.7. The molecular weight excluding hydrogens is 398 g/mol. The number of anilines is 2. The van der Waals surface area contributed by atoms with E-state index >= 15 is 0 Å². The normalized spacial score (nSPS) is 10.2. The molecule has 2 rings (SSSR count). The van der Waals surface area contributed by atoms with E-state index in [-0.39, 0.29) is 16.8 Å². The molecule has 0 saturated carbocycles. The fraction of sp³-hybridized carbons (Fsp3) is 0.0667. The molecule has 0 fully saturated rings. The average molecular weight is 410 g/mol. The Morgan fingerprint density at radius 1 is 1.17 bits per heavy atom. The number of hydrogen-bond donors (Lipinski definition) is 4. The summed E-state index contributed by atoms with van der Waals surface area (Å²) in [6.45, 7) is 0. The van der Waals surface area contributed by atoms with E-state index in [0.29, 0.717) is 10.2 Å². The summed E-state index contributed by atoms with van der Waals surface area (Å²) >= 11 is 3.29. The fourth-order valence-corrected chi connectivity index (χ4v) is 2.93. The Kier molecular flexibility index (Phi) is 5.78. The van der Waals surface area contributed by atoms with Crippen LogP contribution in [-0.2, 0) is 16.5 Å². The fourth-order valence-electron chi connectivity index (χ4n) is 1.97. The van der Waals surface area contributed by atoms with E-state index in [0.717, 1.165) is 0 Å². The molecule has 0 heterocycles. The van der Waals surface area contributed by atoms with Crippen LogP contribution in [0.1, 0.15) is 11.1 Å². The second-order valence-electron chi connectivity index (χ2n) is 4.65. The number of aromatic hydroxyl groups is 1. The summed E-state index contributed by atoms with van der Waals surface area (Å²) in [5, 5.41) is 24.1. The summed E-state index contributed by atoms with van der Waals surface area (Å²) in [6, 6.07) is 10.8. The number of nitrogens with zero attached hydrogens (tertiary/aromatic N) is 1.